The topological polar surface area (TPSA) is 126 Å². The summed E-state index contributed by atoms with van der Waals surface area (Å²) in [6, 6.07) is 43.2. The number of amides is 4. The van der Waals surface area contributed by atoms with Crippen LogP contribution in [-0.2, 0) is 24.2 Å². The highest BCUT2D eigenvalue weighted by Gasteiger charge is 2.42. The number of para-hydroxylation sites is 1. The van der Waals surface area contributed by atoms with E-state index in [1.165, 1.54) is 4.90 Å². The molecule has 2 heterocycles. The van der Waals surface area contributed by atoms with E-state index in [-0.39, 0.29) is 43.2 Å². The van der Waals surface area contributed by atoms with Crippen molar-refractivity contribution in [2.75, 3.05) is 19.6 Å². The quantitative estimate of drug-likeness (QED) is 0.0845. The summed E-state index contributed by atoms with van der Waals surface area (Å²) in [6.07, 6.45) is 0.916. The summed E-state index contributed by atoms with van der Waals surface area (Å²) in [5, 5.41) is 27.8. The second-order valence-corrected chi connectivity index (χ2v) is 16.8. The van der Waals surface area contributed by atoms with Crippen LogP contribution in [0.5, 0.6) is 0 Å². The molecule has 1 saturated heterocycles. The van der Waals surface area contributed by atoms with Gasteiger partial charge in [-0.1, -0.05) is 148 Å². The lowest BCUT2D eigenvalue weighted by Crippen LogP contribution is -2.56. The lowest BCUT2D eigenvalue weighted by Gasteiger charge is -2.37. The van der Waals surface area contributed by atoms with Gasteiger partial charge in [-0.3, -0.25) is 9.78 Å². The van der Waals surface area contributed by atoms with Crippen molar-refractivity contribution < 1.29 is 24.6 Å². The highest BCUT2D eigenvalue weighted by Crippen LogP contribution is 2.45. The second-order valence-electron chi connectivity index (χ2n) is 16.8. The highest BCUT2D eigenvalue weighted by atomic mass is 16.4. The number of carbonyl (C=O) groups is 3. The van der Waals surface area contributed by atoms with Crippen molar-refractivity contribution in [3.63, 3.8) is 0 Å². The molecule has 0 radical (unpaired) electrons. The molecule has 6 aromatic rings. The molecule has 4 amide bonds. The number of carboxylic acid groups (broad SMARTS) is 1. The van der Waals surface area contributed by atoms with Crippen molar-refractivity contribution in [3.05, 3.63) is 174 Å². The van der Waals surface area contributed by atoms with Gasteiger partial charge in [-0.2, -0.15) is 0 Å². The zero-order valence-electron chi connectivity index (χ0n) is 35.4. The van der Waals surface area contributed by atoms with E-state index in [9.17, 15) is 24.6 Å². The van der Waals surface area contributed by atoms with Crippen LogP contribution in [0.1, 0.15) is 60.4 Å². The van der Waals surface area contributed by atoms with Gasteiger partial charge in [0.05, 0.1) is 17.7 Å². The third kappa shape index (κ3) is 9.06. The van der Waals surface area contributed by atoms with Crippen LogP contribution in [0.25, 0.3) is 22.0 Å². The number of nitrogens with one attached hydrogen (secondary N) is 1. The van der Waals surface area contributed by atoms with E-state index in [4.69, 9.17) is 0 Å². The van der Waals surface area contributed by atoms with Gasteiger partial charge in [0.2, 0.25) is 5.91 Å². The van der Waals surface area contributed by atoms with E-state index < -0.39 is 30.3 Å². The maximum absolute atomic E-state index is 14.7. The van der Waals surface area contributed by atoms with Gasteiger partial charge >= 0.3 is 12.1 Å². The number of aliphatic hydroxyl groups excluding tert-OH is 1. The molecule has 10 nitrogen and oxygen atoms in total. The van der Waals surface area contributed by atoms with Gasteiger partial charge in [-0.15, -0.1) is 0 Å². The Balaban J connectivity index is 1.06. The number of aliphatic hydroxyl groups is 1. The minimum Gasteiger partial charge on any atom is -0.465 e. The number of nitrogens with zero attached hydrogens (tertiary/aromatic N) is 4. The van der Waals surface area contributed by atoms with Crippen LogP contribution >= 0.6 is 0 Å². The standard InChI is InChI=1S/C52H55N5O5/c1-3-35(2)49(56-29-28-55(51(56)60)33-38-26-27-53-46-25-15-14-20-40(38)46)50(59)54-39(30-36-16-6-4-7-17-36)32-48(58)47(31-37-18-8-5-9-19-37)57(52(61)62)34-45-43-23-12-10-21-41(43)42-22-11-13-24-44(42)45/h4-27,35,39,45,47-49,58H,3,28-34H2,1-2H3,(H,54,59)(H,61,62)/t35-,39-,47-,48+,49-/m0/s1. The van der Waals surface area contributed by atoms with Crippen molar-refractivity contribution in [3.8, 4) is 11.1 Å². The predicted molar refractivity (Wildman–Crippen MR) is 243 cm³/mol. The Morgan fingerprint density at radius 1 is 0.790 bits per heavy atom. The fourth-order valence-corrected chi connectivity index (χ4v) is 9.58. The number of hydrogen-bond acceptors (Lipinski definition) is 5. The molecule has 1 aliphatic carbocycles. The number of rotatable bonds is 17. The molecular formula is C52H55N5O5. The van der Waals surface area contributed by atoms with Gasteiger partial charge in [0.25, 0.3) is 0 Å². The largest absolute Gasteiger partial charge is 0.465 e. The number of fused-ring (bicyclic) bond motifs is 4. The van der Waals surface area contributed by atoms with E-state index in [1.54, 1.807) is 16.0 Å². The molecule has 0 spiro atoms. The van der Waals surface area contributed by atoms with Crippen LogP contribution in [0, 0.1) is 5.92 Å². The van der Waals surface area contributed by atoms with Crippen LogP contribution in [-0.4, -0.2) is 91.8 Å². The summed E-state index contributed by atoms with van der Waals surface area (Å²) in [7, 11) is 0. The van der Waals surface area contributed by atoms with Crippen LogP contribution in [0.15, 0.2) is 146 Å². The number of benzene rings is 5. The molecule has 5 atom stereocenters. The van der Waals surface area contributed by atoms with Crippen molar-refractivity contribution in [1.82, 2.24) is 25.0 Å². The first kappa shape index (κ1) is 42.2. The summed E-state index contributed by atoms with van der Waals surface area (Å²) in [5.41, 5.74) is 8.01. The highest BCUT2D eigenvalue weighted by molar-refractivity contribution is 5.89. The van der Waals surface area contributed by atoms with Crippen molar-refractivity contribution in [2.24, 2.45) is 5.92 Å². The molecular weight excluding hydrogens is 775 g/mol. The Morgan fingerprint density at radius 3 is 2.03 bits per heavy atom. The zero-order valence-corrected chi connectivity index (χ0v) is 35.4. The number of pyridine rings is 1. The third-order valence-electron chi connectivity index (χ3n) is 12.9. The summed E-state index contributed by atoms with van der Waals surface area (Å²) >= 11 is 0. The van der Waals surface area contributed by atoms with Crippen LogP contribution < -0.4 is 5.32 Å². The molecule has 1 aliphatic heterocycles. The minimum atomic E-state index is -1.16. The smallest absolute Gasteiger partial charge is 0.407 e. The molecule has 1 aromatic heterocycles. The lowest BCUT2D eigenvalue weighted by molar-refractivity contribution is -0.128. The van der Waals surface area contributed by atoms with E-state index in [1.807, 2.05) is 129 Å². The minimum absolute atomic E-state index is 0.0855. The molecule has 0 saturated carbocycles. The van der Waals surface area contributed by atoms with Gasteiger partial charge in [0.1, 0.15) is 6.04 Å². The fraction of sp³-hybridized carbons (Fsp3) is 0.308. The Hall–Kier alpha value is -6.52. The first-order chi connectivity index (χ1) is 30.2. The Bertz CT molecular complexity index is 2450. The fourth-order valence-electron chi connectivity index (χ4n) is 9.58. The average Bonchev–Trinajstić information content (AvgIpc) is 3.81. The van der Waals surface area contributed by atoms with Gasteiger partial charge in [-0.05, 0) is 76.3 Å². The van der Waals surface area contributed by atoms with E-state index in [0.29, 0.717) is 32.5 Å². The molecule has 3 N–H and O–H groups in total. The maximum Gasteiger partial charge on any atom is 0.407 e. The second kappa shape index (κ2) is 19.0. The van der Waals surface area contributed by atoms with Crippen LogP contribution in [0.4, 0.5) is 9.59 Å². The molecule has 1 fully saturated rings. The molecule has 2 aliphatic rings. The summed E-state index contributed by atoms with van der Waals surface area (Å²) < 4.78 is 0. The van der Waals surface area contributed by atoms with Gasteiger partial charge in [0, 0.05) is 49.7 Å². The molecule has 0 bridgehead atoms. The lowest BCUT2D eigenvalue weighted by atomic mass is 9.90. The number of carbonyl (C=O) groups excluding carboxylic acids is 2. The third-order valence-corrected chi connectivity index (χ3v) is 12.9. The van der Waals surface area contributed by atoms with Crippen LogP contribution in [0.3, 0.4) is 0 Å². The number of urea groups is 1. The average molecular weight is 830 g/mol. The van der Waals surface area contributed by atoms with Crippen LogP contribution in [0.2, 0.25) is 0 Å². The van der Waals surface area contributed by atoms with Gasteiger partial charge in [-0.25, -0.2) is 9.59 Å². The first-order valence-corrected chi connectivity index (χ1v) is 21.8. The summed E-state index contributed by atoms with van der Waals surface area (Å²) in [6.45, 7) is 5.44. The van der Waals surface area contributed by atoms with E-state index in [0.717, 1.165) is 49.8 Å². The predicted octanol–water partition coefficient (Wildman–Crippen LogP) is 8.77. The molecule has 62 heavy (non-hydrogen) atoms. The van der Waals surface area contributed by atoms with Crippen molar-refractivity contribution in [2.45, 2.75) is 76.2 Å². The van der Waals surface area contributed by atoms with Crippen molar-refractivity contribution >= 4 is 28.9 Å². The SMILES string of the molecule is CC[C@H](C)[C@@H](C(=O)N[C@@H](Cc1ccccc1)C[C@@H](O)[C@H](Cc1ccccc1)N(CC1c2ccccc2-c2ccccc21)C(=O)O)N1CCN(Cc2ccnc3ccccc23)C1=O. The maximum atomic E-state index is 14.7. The molecule has 5 aromatic carbocycles. The molecule has 8 rings (SSSR count). The Labute approximate surface area is 363 Å². The number of aromatic nitrogens is 1. The summed E-state index contributed by atoms with van der Waals surface area (Å²) in [4.78, 5) is 51.8. The summed E-state index contributed by atoms with van der Waals surface area (Å²) in [5.74, 6) is -0.672. The van der Waals surface area contributed by atoms with E-state index >= 15 is 0 Å². The Morgan fingerprint density at radius 2 is 1.39 bits per heavy atom. The van der Waals surface area contributed by atoms with E-state index in [2.05, 4.69) is 34.6 Å². The normalized spacial score (nSPS) is 16.0. The molecule has 0 unspecified atom stereocenters. The first-order valence-electron chi connectivity index (χ1n) is 21.8. The zero-order chi connectivity index (χ0) is 43.2. The van der Waals surface area contributed by atoms with Crippen molar-refractivity contribution in [1.29, 1.82) is 0 Å². The Kier molecular flexibility index (Phi) is 12.9. The monoisotopic (exact) mass is 829 g/mol. The molecule has 318 valence electrons. The molecule has 10 heteroatoms. The number of hydrogen-bond donors (Lipinski definition) is 3. The van der Waals surface area contributed by atoms with Gasteiger partial charge < -0.3 is 30.2 Å². The van der Waals surface area contributed by atoms with Gasteiger partial charge in [0.15, 0.2) is 0 Å².